The minimum atomic E-state index is 0.232. The smallest absolute Gasteiger partial charge is 0.171 e. The number of anilines is 1. The van der Waals surface area contributed by atoms with Gasteiger partial charge in [-0.2, -0.15) is 0 Å². The Kier molecular flexibility index (Phi) is 6.42. The van der Waals surface area contributed by atoms with Crippen LogP contribution in [0.15, 0.2) is 41.8 Å². The number of nitrogens with one attached hydrogen (secondary N) is 3. The van der Waals surface area contributed by atoms with Gasteiger partial charge in [-0.05, 0) is 49.1 Å². The Hall–Kier alpha value is -1.47. The molecule has 0 amide bonds. The maximum atomic E-state index is 5.57. The van der Waals surface area contributed by atoms with E-state index < -0.39 is 0 Å². The molecule has 2 atom stereocenters. The third-order valence-corrected chi connectivity index (χ3v) is 5.85. The van der Waals surface area contributed by atoms with E-state index in [1.165, 1.54) is 10.4 Å². The minimum absolute atomic E-state index is 0.232. The molecule has 0 aliphatic carbocycles. The number of ether oxygens (including phenoxy) is 1. The maximum absolute atomic E-state index is 5.57. The first-order valence-corrected chi connectivity index (χ1v) is 10.0. The lowest BCUT2D eigenvalue weighted by atomic mass is 10.1. The molecular formula is C19H26N3OS2+. The highest BCUT2D eigenvalue weighted by Crippen LogP contribution is 2.20. The predicted molar refractivity (Wildman–Crippen MR) is 109 cm³/mol. The molecule has 2 aromatic rings. The maximum Gasteiger partial charge on any atom is 0.171 e. The molecule has 3 N–H and O–H groups in total. The molecule has 1 aliphatic rings. The van der Waals surface area contributed by atoms with Crippen LogP contribution in [0.3, 0.4) is 0 Å². The summed E-state index contributed by atoms with van der Waals surface area (Å²) in [5.74, 6) is 0. The Balaban J connectivity index is 1.68. The van der Waals surface area contributed by atoms with Crippen LogP contribution in [0.25, 0.3) is 0 Å². The van der Waals surface area contributed by atoms with Crippen LogP contribution in [0.5, 0.6) is 0 Å². The average Bonchev–Trinajstić information content (AvgIpc) is 3.12. The molecule has 1 aliphatic heterocycles. The summed E-state index contributed by atoms with van der Waals surface area (Å²) in [7, 11) is 0. The van der Waals surface area contributed by atoms with Crippen molar-refractivity contribution in [2.45, 2.75) is 25.9 Å². The quantitative estimate of drug-likeness (QED) is 0.701. The van der Waals surface area contributed by atoms with Crippen LogP contribution in [0.2, 0.25) is 0 Å². The summed E-state index contributed by atoms with van der Waals surface area (Å²) in [5.41, 5.74) is 2.24. The van der Waals surface area contributed by atoms with Crippen LogP contribution in [0, 0.1) is 6.92 Å². The lowest BCUT2D eigenvalue weighted by Crippen LogP contribution is -3.15. The number of aryl methyl sites for hydroxylation is 1. The Labute approximate surface area is 159 Å². The largest absolute Gasteiger partial charge is 0.370 e. The van der Waals surface area contributed by atoms with Crippen LogP contribution < -0.4 is 15.5 Å². The molecular weight excluding hydrogens is 350 g/mol. The van der Waals surface area contributed by atoms with Gasteiger partial charge in [-0.3, -0.25) is 0 Å². The second kappa shape index (κ2) is 8.76. The SMILES string of the molecule is Cc1ccccc1NC(=S)N[C@@H](C)[C@@H](c1cccs1)[NH+]1CCOCC1. The summed E-state index contributed by atoms with van der Waals surface area (Å²) >= 11 is 7.39. The van der Waals surface area contributed by atoms with Crippen molar-refractivity contribution in [3.05, 3.63) is 52.2 Å². The lowest BCUT2D eigenvalue weighted by molar-refractivity contribution is -0.939. The monoisotopic (exact) mass is 376 g/mol. The van der Waals surface area contributed by atoms with Gasteiger partial charge in [-0.25, -0.2) is 0 Å². The highest BCUT2D eigenvalue weighted by atomic mass is 32.1. The molecule has 0 radical (unpaired) electrons. The standard InChI is InChI=1S/C19H25N3OS2/c1-14-6-3-4-7-16(14)21-19(24)20-15(2)18(17-8-5-13-25-17)22-9-11-23-12-10-22/h3-8,13,15,18H,9-12H2,1-2H3,(H2,20,21,24)/p+1/t15-,18-/m0/s1. The second-order valence-electron chi connectivity index (χ2n) is 6.47. The number of thiophene rings is 1. The normalized spacial score (nSPS) is 17.7. The number of morpholine rings is 1. The third kappa shape index (κ3) is 4.79. The van der Waals surface area contributed by atoms with E-state index in [1.54, 1.807) is 4.90 Å². The van der Waals surface area contributed by atoms with Gasteiger partial charge in [0.15, 0.2) is 5.11 Å². The van der Waals surface area contributed by atoms with E-state index in [9.17, 15) is 0 Å². The van der Waals surface area contributed by atoms with Gasteiger partial charge in [0, 0.05) is 5.69 Å². The van der Waals surface area contributed by atoms with E-state index >= 15 is 0 Å². The highest BCUT2D eigenvalue weighted by Gasteiger charge is 2.32. The summed E-state index contributed by atoms with van der Waals surface area (Å²) in [4.78, 5) is 2.96. The van der Waals surface area contributed by atoms with Crippen LogP contribution in [-0.4, -0.2) is 37.5 Å². The predicted octanol–water partition coefficient (Wildman–Crippen LogP) is 2.39. The first-order chi connectivity index (χ1) is 12.1. The molecule has 0 unspecified atom stereocenters. The van der Waals surface area contributed by atoms with Crippen LogP contribution >= 0.6 is 23.6 Å². The van der Waals surface area contributed by atoms with Crippen molar-refractivity contribution in [1.82, 2.24) is 5.32 Å². The molecule has 4 nitrogen and oxygen atoms in total. The molecule has 6 heteroatoms. The summed E-state index contributed by atoms with van der Waals surface area (Å²) in [5, 5.41) is 9.67. The van der Waals surface area contributed by atoms with Gasteiger partial charge in [-0.1, -0.05) is 24.3 Å². The fourth-order valence-corrected chi connectivity index (χ4v) is 4.66. The van der Waals surface area contributed by atoms with E-state index in [4.69, 9.17) is 17.0 Å². The Morgan fingerprint density at radius 1 is 1.20 bits per heavy atom. The fraction of sp³-hybridized carbons (Fsp3) is 0.421. The molecule has 0 saturated carbocycles. The highest BCUT2D eigenvalue weighted by molar-refractivity contribution is 7.80. The minimum Gasteiger partial charge on any atom is -0.370 e. The van der Waals surface area contributed by atoms with Gasteiger partial charge >= 0.3 is 0 Å². The summed E-state index contributed by atoms with van der Waals surface area (Å²) in [6.45, 7) is 8.03. The van der Waals surface area contributed by atoms with Crippen molar-refractivity contribution in [3.63, 3.8) is 0 Å². The molecule has 25 heavy (non-hydrogen) atoms. The van der Waals surface area contributed by atoms with E-state index in [2.05, 4.69) is 54.1 Å². The topological polar surface area (TPSA) is 37.7 Å². The number of hydrogen-bond donors (Lipinski definition) is 3. The molecule has 0 bridgehead atoms. The van der Waals surface area contributed by atoms with Gasteiger partial charge in [0.25, 0.3) is 0 Å². The van der Waals surface area contributed by atoms with Crippen molar-refractivity contribution < 1.29 is 9.64 Å². The van der Waals surface area contributed by atoms with Gasteiger partial charge in [0.2, 0.25) is 0 Å². The summed E-state index contributed by atoms with van der Waals surface area (Å²) in [6, 6.07) is 13.2. The average molecular weight is 377 g/mol. The molecule has 1 aromatic heterocycles. The number of quaternary nitrogens is 1. The molecule has 0 spiro atoms. The zero-order valence-electron chi connectivity index (χ0n) is 14.7. The number of thiocarbonyl (C=S) groups is 1. The number of benzene rings is 1. The first-order valence-electron chi connectivity index (χ1n) is 8.74. The zero-order valence-corrected chi connectivity index (χ0v) is 16.4. The Morgan fingerprint density at radius 3 is 2.64 bits per heavy atom. The Bertz CT molecular complexity index is 684. The van der Waals surface area contributed by atoms with Crippen LogP contribution in [-0.2, 0) is 4.74 Å². The second-order valence-corrected chi connectivity index (χ2v) is 7.85. The van der Waals surface area contributed by atoms with Gasteiger partial charge < -0.3 is 20.3 Å². The summed E-state index contributed by atoms with van der Waals surface area (Å²) in [6.07, 6.45) is 0. The van der Waals surface area contributed by atoms with E-state index in [-0.39, 0.29) is 6.04 Å². The van der Waals surface area contributed by atoms with E-state index in [0.29, 0.717) is 11.2 Å². The summed E-state index contributed by atoms with van der Waals surface area (Å²) < 4.78 is 5.54. The van der Waals surface area contributed by atoms with E-state index in [0.717, 1.165) is 32.0 Å². The van der Waals surface area contributed by atoms with Crippen molar-refractivity contribution in [2.75, 3.05) is 31.6 Å². The zero-order chi connectivity index (χ0) is 17.6. The Morgan fingerprint density at radius 2 is 1.96 bits per heavy atom. The van der Waals surface area contributed by atoms with Crippen molar-refractivity contribution in [2.24, 2.45) is 0 Å². The first kappa shape index (κ1) is 18.3. The molecule has 1 fully saturated rings. The number of hydrogen-bond acceptors (Lipinski definition) is 3. The van der Waals surface area contributed by atoms with Crippen LogP contribution in [0.1, 0.15) is 23.4 Å². The molecule has 1 saturated heterocycles. The fourth-order valence-electron chi connectivity index (χ4n) is 3.38. The number of para-hydroxylation sites is 1. The number of rotatable bonds is 5. The van der Waals surface area contributed by atoms with Crippen LogP contribution in [0.4, 0.5) is 5.69 Å². The van der Waals surface area contributed by atoms with Crippen molar-refractivity contribution in [3.8, 4) is 0 Å². The molecule has 134 valence electrons. The van der Waals surface area contributed by atoms with Gasteiger partial charge in [-0.15, -0.1) is 11.3 Å². The van der Waals surface area contributed by atoms with E-state index in [1.807, 2.05) is 23.5 Å². The molecule has 2 heterocycles. The third-order valence-electron chi connectivity index (χ3n) is 4.68. The van der Waals surface area contributed by atoms with Crippen molar-refractivity contribution in [1.29, 1.82) is 0 Å². The molecule has 3 rings (SSSR count). The van der Waals surface area contributed by atoms with Gasteiger partial charge in [0.05, 0.1) is 24.1 Å². The molecule has 1 aromatic carbocycles. The van der Waals surface area contributed by atoms with Gasteiger partial charge in [0.1, 0.15) is 19.1 Å². The van der Waals surface area contributed by atoms with Crippen molar-refractivity contribution >= 4 is 34.4 Å². The lowest BCUT2D eigenvalue weighted by Gasteiger charge is -2.35.